The number of hydrogen-bond acceptors (Lipinski definition) is 4. The average Bonchev–Trinajstić information content (AvgIpc) is 3.44. The van der Waals surface area contributed by atoms with E-state index in [1.807, 2.05) is 60.7 Å². The fourth-order valence-electron chi connectivity index (χ4n) is 5.55. The minimum absolute atomic E-state index is 0.609. The van der Waals surface area contributed by atoms with Crippen molar-refractivity contribution >= 4 is 32.7 Å². The molecule has 0 bridgehead atoms. The van der Waals surface area contributed by atoms with Gasteiger partial charge in [0.15, 0.2) is 17.5 Å². The van der Waals surface area contributed by atoms with Crippen LogP contribution in [0.5, 0.6) is 0 Å². The lowest BCUT2D eigenvalue weighted by atomic mass is 10.0. The molecule has 0 aliphatic carbocycles. The SMILES string of the molecule is c1ccc(-c2cccc(-c3nc(-c4ccccc4)nc(-c4cccc5ccc6c7ccccc7oc6c45)n3)c2)cc1. The predicted octanol–water partition coefficient (Wildman–Crippen LogP) is 9.59. The summed E-state index contributed by atoms with van der Waals surface area (Å²) in [4.78, 5) is 15.1. The Hall–Kier alpha value is -5.61. The third-order valence-electron chi connectivity index (χ3n) is 7.52. The normalized spacial score (nSPS) is 11.4. The lowest BCUT2D eigenvalue weighted by Crippen LogP contribution is -2.00. The maximum absolute atomic E-state index is 6.45. The minimum Gasteiger partial charge on any atom is -0.455 e. The summed E-state index contributed by atoms with van der Waals surface area (Å²) in [7, 11) is 0. The highest BCUT2D eigenvalue weighted by Gasteiger charge is 2.18. The standard InChI is InChI=1S/C37H23N3O/c1-3-11-24(12-4-1)27-16-9-17-28(23-27)36-38-35(26-13-5-2-6-14-26)39-37(40-36)31-19-10-15-25-21-22-30-29-18-7-8-20-32(29)41-34(30)33(25)31/h1-23H. The van der Waals surface area contributed by atoms with Crippen molar-refractivity contribution in [1.29, 1.82) is 0 Å². The topological polar surface area (TPSA) is 51.8 Å². The molecule has 6 aromatic carbocycles. The van der Waals surface area contributed by atoms with Gasteiger partial charge in [0.2, 0.25) is 0 Å². The second-order valence-corrected chi connectivity index (χ2v) is 10.1. The van der Waals surface area contributed by atoms with Crippen molar-refractivity contribution in [2.45, 2.75) is 0 Å². The summed E-state index contributed by atoms with van der Waals surface area (Å²) < 4.78 is 6.45. The quantitative estimate of drug-likeness (QED) is 0.230. The molecule has 0 aliphatic rings. The number of aromatic nitrogens is 3. The van der Waals surface area contributed by atoms with Gasteiger partial charge in [-0.3, -0.25) is 0 Å². The van der Waals surface area contributed by atoms with E-state index in [2.05, 4.69) is 78.9 Å². The second kappa shape index (κ2) is 9.54. The first-order chi connectivity index (χ1) is 20.3. The zero-order valence-corrected chi connectivity index (χ0v) is 22.0. The number of hydrogen-bond donors (Lipinski definition) is 0. The number of para-hydroxylation sites is 1. The molecule has 0 spiro atoms. The Morgan fingerprint density at radius 1 is 0.415 bits per heavy atom. The summed E-state index contributed by atoms with van der Waals surface area (Å²) in [5.41, 5.74) is 6.74. The molecule has 8 aromatic rings. The van der Waals surface area contributed by atoms with Gasteiger partial charge in [-0.2, -0.15) is 0 Å². The predicted molar refractivity (Wildman–Crippen MR) is 166 cm³/mol. The van der Waals surface area contributed by atoms with Crippen LogP contribution < -0.4 is 0 Å². The Morgan fingerprint density at radius 3 is 1.88 bits per heavy atom. The van der Waals surface area contributed by atoms with Crippen LogP contribution in [0.4, 0.5) is 0 Å². The number of fused-ring (bicyclic) bond motifs is 5. The molecule has 0 N–H and O–H groups in total. The van der Waals surface area contributed by atoms with Gasteiger partial charge in [-0.25, -0.2) is 15.0 Å². The number of rotatable bonds is 4. The van der Waals surface area contributed by atoms with Crippen LogP contribution in [0.1, 0.15) is 0 Å². The molecule has 4 heteroatoms. The van der Waals surface area contributed by atoms with Crippen molar-refractivity contribution in [1.82, 2.24) is 15.0 Å². The monoisotopic (exact) mass is 525 g/mol. The highest BCUT2D eigenvalue weighted by Crippen LogP contribution is 2.39. The summed E-state index contributed by atoms with van der Waals surface area (Å²) in [6.07, 6.45) is 0. The molecule has 0 amide bonds. The molecule has 0 saturated heterocycles. The lowest BCUT2D eigenvalue weighted by Gasteiger charge is -2.11. The van der Waals surface area contributed by atoms with Gasteiger partial charge in [0.25, 0.3) is 0 Å². The van der Waals surface area contributed by atoms with Gasteiger partial charge in [0.1, 0.15) is 11.2 Å². The first-order valence-corrected chi connectivity index (χ1v) is 13.6. The molecule has 4 nitrogen and oxygen atoms in total. The van der Waals surface area contributed by atoms with Gasteiger partial charge in [-0.05, 0) is 34.7 Å². The highest BCUT2D eigenvalue weighted by atomic mass is 16.3. The summed E-state index contributed by atoms with van der Waals surface area (Å²) in [6.45, 7) is 0. The zero-order chi connectivity index (χ0) is 27.2. The van der Waals surface area contributed by atoms with Gasteiger partial charge in [0.05, 0.1) is 0 Å². The Labute approximate surface area is 236 Å². The fraction of sp³-hybridized carbons (Fsp3) is 0. The van der Waals surface area contributed by atoms with Crippen LogP contribution >= 0.6 is 0 Å². The maximum atomic E-state index is 6.45. The Bertz CT molecular complexity index is 2200. The van der Waals surface area contributed by atoms with Crippen LogP contribution in [0.15, 0.2) is 144 Å². The average molecular weight is 526 g/mol. The Balaban J connectivity index is 1.39. The van der Waals surface area contributed by atoms with Gasteiger partial charge in [-0.1, -0.05) is 121 Å². The highest BCUT2D eigenvalue weighted by molar-refractivity contribution is 6.18. The van der Waals surface area contributed by atoms with E-state index in [0.29, 0.717) is 17.5 Å². The van der Waals surface area contributed by atoms with E-state index in [4.69, 9.17) is 19.4 Å². The van der Waals surface area contributed by atoms with Gasteiger partial charge in [-0.15, -0.1) is 0 Å². The van der Waals surface area contributed by atoms with Gasteiger partial charge >= 0.3 is 0 Å². The van der Waals surface area contributed by atoms with Crippen molar-refractivity contribution < 1.29 is 4.42 Å². The van der Waals surface area contributed by atoms with Crippen molar-refractivity contribution in [3.05, 3.63) is 140 Å². The van der Waals surface area contributed by atoms with Crippen molar-refractivity contribution in [3.8, 4) is 45.3 Å². The zero-order valence-electron chi connectivity index (χ0n) is 22.0. The van der Waals surface area contributed by atoms with Crippen molar-refractivity contribution in [2.24, 2.45) is 0 Å². The summed E-state index contributed by atoms with van der Waals surface area (Å²) in [5.74, 6) is 1.86. The molecule has 0 unspecified atom stereocenters. The molecule has 2 heterocycles. The molecule has 192 valence electrons. The largest absolute Gasteiger partial charge is 0.455 e. The van der Waals surface area contributed by atoms with Crippen LogP contribution in [-0.4, -0.2) is 15.0 Å². The number of furan rings is 1. The van der Waals surface area contributed by atoms with E-state index in [1.54, 1.807) is 0 Å². The van der Waals surface area contributed by atoms with Crippen LogP contribution in [0.2, 0.25) is 0 Å². The molecule has 0 aliphatic heterocycles. The summed E-state index contributed by atoms with van der Waals surface area (Å²) >= 11 is 0. The molecule has 2 aromatic heterocycles. The van der Waals surface area contributed by atoms with Crippen LogP contribution in [-0.2, 0) is 0 Å². The van der Waals surface area contributed by atoms with E-state index in [9.17, 15) is 0 Å². The van der Waals surface area contributed by atoms with Crippen molar-refractivity contribution in [2.75, 3.05) is 0 Å². The van der Waals surface area contributed by atoms with E-state index in [0.717, 1.165) is 60.5 Å². The summed E-state index contributed by atoms with van der Waals surface area (Å²) in [6, 6.07) is 47.5. The van der Waals surface area contributed by atoms with Crippen LogP contribution in [0.25, 0.3) is 78.0 Å². The third kappa shape index (κ3) is 4.05. The molecule has 8 rings (SSSR count). The van der Waals surface area contributed by atoms with Gasteiger partial charge in [0, 0.05) is 32.8 Å². The van der Waals surface area contributed by atoms with E-state index >= 15 is 0 Å². The fourth-order valence-corrected chi connectivity index (χ4v) is 5.55. The molecule has 41 heavy (non-hydrogen) atoms. The molecule has 0 atom stereocenters. The smallest absolute Gasteiger partial charge is 0.164 e. The van der Waals surface area contributed by atoms with Gasteiger partial charge < -0.3 is 4.42 Å². The lowest BCUT2D eigenvalue weighted by molar-refractivity contribution is 0.672. The van der Waals surface area contributed by atoms with Crippen LogP contribution in [0, 0.1) is 0 Å². The minimum atomic E-state index is 0.609. The number of benzene rings is 6. The molecular formula is C37H23N3O. The van der Waals surface area contributed by atoms with E-state index in [1.165, 1.54) is 0 Å². The van der Waals surface area contributed by atoms with E-state index < -0.39 is 0 Å². The third-order valence-corrected chi connectivity index (χ3v) is 7.52. The maximum Gasteiger partial charge on any atom is 0.164 e. The van der Waals surface area contributed by atoms with Crippen molar-refractivity contribution in [3.63, 3.8) is 0 Å². The Kier molecular flexibility index (Phi) is 5.42. The molecule has 0 saturated carbocycles. The molecular weight excluding hydrogens is 502 g/mol. The Morgan fingerprint density at radius 2 is 1.05 bits per heavy atom. The summed E-state index contributed by atoms with van der Waals surface area (Å²) in [5, 5.41) is 4.24. The first-order valence-electron chi connectivity index (χ1n) is 13.6. The molecule has 0 radical (unpaired) electrons. The van der Waals surface area contributed by atoms with E-state index in [-0.39, 0.29) is 0 Å². The molecule has 0 fully saturated rings. The van der Waals surface area contributed by atoms with Crippen LogP contribution in [0.3, 0.4) is 0 Å². The number of nitrogens with zero attached hydrogens (tertiary/aromatic N) is 3. The second-order valence-electron chi connectivity index (χ2n) is 10.1. The first kappa shape index (κ1) is 23.3.